The van der Waals surface area contributed by atoms with Gasteiger partial charge in [-0.3, -0.25) is 14.0 Å². The minimum Gasteiger partial charge on any atom is -0.391 e. The van der Waals surface area contributed by atoms with E-state index in [4.69, 9.17) is 0 Å². The number of benzene rings is 2. The molecule has 6 nitrogen and oxygen atoms in total. The standard InChI is InChI=1S/C26H28N4O2/c1-16-17(2)25-21(26(32)30(15-27-25)23-5-4-6-24(23)31)14-20(16)13-18-7-9-19(10-8-18)22-11-12-29(3)28-22/h7-12,14-15,23-24,31H,4-6,13H2,1-3H3/t23-,24-/m0/s1. The number of rotatable bonds is 4. The Kier molecular flexibility index (Phi) is 5.18. The number of hydrogen-bond acceptors (Lipinski definition) is 4. The molecular weight excluding hydrogens is 400 g/mol. The first-order chi connectivity index (χ1) is 15.4. The summed E-state index contributed by atoms with van der Waals surface area (Å²) in [5, 5.41) is 15.4. The lowest BCUT2D eigenvalue weighted by Gasteiger charge is -2.19. The number of aliphatic hydroxyl groups is 1. The van der Waals surface area contributed by atoms with Crippen LogP contribution in [-0.2, 0) is 13.5 Å². The Morgan fingerprint density at radius 2 is 1.88 bits per heavy atom. The predicted molar refractivity (Wildman–Crippen MR) is 126 cm³/mol. The normalized spacial score (nSPS) is 18.5. The van der Waals surface area contributed by atoms with Crippen LogP contribution in [0.5, 0.6) is 0 Å². The van der Waals surface area contributed by atoms with E-state index < -0.39 is 6.10 Å². The van der Waals surface area contributed by atoms with Gasteiger partial charge in [0.25, 0.3) is 5.56 Å². The van der Waals surface area contributed by atoms with Crippen molar-refractivity contribution in [1.29, 1.82) is 0 Å². The van der Waals surface area contributed by atoms with Crippen LogP contribution in [0.2, 0.25) is 0 Å². The molecule has 0 saturated heterocycles. The van der Waals surface area contributed by atoms with Gasteiger partial charge < -0.3 is 5.11 Å². The number of hydrogen-bond donors (Lipinski definition) is 1. The van der Waals surface area contributed by atoms with E-state index in [1.807, 2.05) is 32.3 Å². The van der Waals surface area contributed by atoms with Crippen molar-refractivity contribution in [3.8, 4) is 11.3 Å². The summed E-state index contributed by atoms with van der Waals surface area (Å²) in [4.78, 5) is 18.0. The molecule has 1 fully saturated rings. The minimum atomic E-state index is -0.476. The number of aromatic nitrogens is 4. The number of fused-ring (bicyclic) bond motifs is 1. The molecule has 0 bridgehead atoms. The number of nitrogens with zero attached hydrogens (tertiary/aromatic N) is 4. The van der Waals surface area contributed by atoms with Crippen molar-refractivity contribution in [3.05, 3.63) is 81.5 Å². The first-order valence-corrected chi connectivity index (χ1v) is 11.2. The second-order valence-electron chi connectivity index (χ2n) is 8.95. The second-order valence-corrected chi connectivity index (χ2v) is 8.95. The van der Waals surface area contributed by atoms with E-state index in [1.54, 1.807) is 15.6 Å². The maximum absolute atomic E-state index is 13.3. The van der Waals surface area contributed by atoms with Gasteiger partial charge in [0.05, 0.1) is 35.1 Å². The third kappa shape index (κ3) is 3.54. The highest BCUT2D eigenvalue weighted by molar-refractivity contribution is 5.83. The Morgan fingerprint density at radius 3 is 2.53 bits per heavy atom. The van der Waals surface area contributed by atoms with Gasteiger partial charge in [0.2, 0.25) is 0 Å². The fourth-order valence-corrected chi connectivity index (χ4v) is 4.86. The molecule has 0 spiro atoms. The molecule has 0 unspecified atom stereocenters. The molecule has 0 aliphatic heterocycles. The van der Waals surface area contributed by atoms with E-state index in [2.05, 4.69) is 41.3 Å². The largest absolute Gasteiger partial charge is 0.391 e. The third-order valence-corrected chi connectivity index (χ3v) is 6.91. The first-order valence-electron chi connectivity index (χ1n) is 11.2. The molecule has 1 aliphatic rings. The van der Waals surface area contributed by atoms with E-state index >= 15 is 0 Å². The monoisotopic (exact) mass is 428 g/mol. The summed E-state index contributed by atoms with van der Waals surface area (Å²) in [7, 11) is 1.92. The maximum atomic E-state index is 13.3. The maximum Gasteiger partial charge on any atom is 0.261 e. The number of aryl methyl sites for hydroxylation is 2. The van der Waals surface area contributed by atoms with Gasteiger partial charge in [-0.25, -0.2) is 4.98 Å². The highest BCUT2D eigenvalue weighted by Gasteiger charge is 2.28. The molecule has 0 amide bonds. The second kappa shape index (κ2) is 8.02. The highest BCUT2D eigenvalue weighted by atomic mass is 16.3. The highest BCUT2D eigenvalue weighted by Crippen LogP contribution is 2.30. The molecule has 164 valence electrons. The van der Waals surface area contributed by atoms with E-state index in [1.165, 1.54) is 5.56 Å². The third-order valence-electron chi connectivity index (χ3n) is 6.91. The van der Waals surface area contributed by atoms with Crippen molar-refractivity contribution in [1.82, 2.24) is 19.3 Å². The average Bonchev–Trinajstić information content (AvgIpc) is 3.41. The van der Waals surface area contributed by atoms with Crippen LogP contribution in [0.3, 0.4) is 0 Å². The van der Waals surface area contributed by atoms with Crippen molar-refractivity contribution in [3.63, 3.8) is 0 Å². The molecule has 1 N–H and O–H groups in total. The molecule has 2 aromatic heterocycles. The molecule has 1 aliphatic carbocycles. The summed E-state index contributed by atoms with van der Waals surface area (Å²) in [6.45, 7) is 4.13. The van der Waals surface area contributed by atoms with Crippen molar-refractivity contribution >= 4 is 10.9 Å². The lowest BCUT2D eigenvalue weighted by atomic mass is 9.94. The van der Waals surface area contributed by atoms with Crippen LogP contribution in [0.15, 0.2) is 53.7 Å². The van der Waals surface area contributed by atoms with Crippen LogP contribution in [0.4, 0.5) is 0 Å². The molecule has 0 radical (unpaired) electrons. The summed E-state index contributed by atoms with van der Waals surface area (Å²) in [5.41, 5.74) is 7.25. The topological polar surface area (TPSA) is 72.9 Å². The van der Waals surface area contributed by atoms with Gasteiger partial charge in [0.15, 0.2) is 0 Å². The van der Waals surface area contributed by atoms with Crippen LogP contribution < -0.4 is 5.56 Å². The lowest BCUT2D eigenvalue weighted by Crippen LogP contribution is -2.29. The zero-order chi connectivity index (χ0) is 22.4. The summed E-state index contributed by atoms with van der Waals surface area (Å²) in [6.07, 6.45) is 6.31. The lowest BCUT2D eigenvalue weighted by molar-refractivity contribution is 0.134. The molecule has 2 heterocycles. The molecule has 2 aromatic carbocycles. The Hall–Kier alpha value is -3.25. The van der Waals surface area contributed by atoms with Crippen LogP contribution in [-0.4, -0.2) is 30.5 Å². The molecule has 6 heteroatoms. The van der Waals surface area contributed by atoms with Crippen LogP contribution >= 0.6 is 0 Å². The van der Waals surface area contributed by atoms with Crippen molar-refractivity contribution in [2.75, 3.05) is 0 Å². The van der Waals surface area contributed by atoms with Crippen LogP contribution in [0, 0.1) is 13.8 Å². The Bertz CT molecular complexity index is 1350. The summed E-state index contributed by atoms with van der Waals surface area (Å²) in [6, 6.07) is 12.3. The SMILES string of the molecule is Cc1c(Cc2ccc(-c3ccn(C)n3)cc2)cc2c(=O)n([C@H]3CCC[C@@H]3O)cnc2c1C. The van der Waals surface area contributed by atoms with E-state index in [0.717, 1.165) is 59.1 Å². The van der Waals surface area contributed by atoms with Gasteiger partial charge in [-0.1, -0.05) is 24.3 Å². The summed E-state index contributed by atoms with van der Waals surface area (Å²) < 4.78 is 3.44. The fraction of sp³-hybridized carbons (Fsp3) is 0.346. The first kappa shape index (κ1) is 20.6. The van der Waals surface area contributed by atoms with Gasteiger partial charge in [-0.05, 0) is 73.9 Å². The Balaban J connectivity index is 1.51. The predicted octanol–water partition coefficient (Wildman–Crippen LogP) is 4.09. The molecule has 2 atom stereocenters. The fourth-order valence-electron chi connectivity index (χ4n) is 4.86. The van der Waals surface area contributed by atoms with Gasteiger partial charge in [-0.2, -0.15) is 5.10 Å². The van der Waals surface area contributed by atoms with Crippen molar-refractivity contribution in [2.45, 2.75) is 51.7 Å². The molecule has 1 saturated carbocycles. The smallest absolute Gasteiger partial charge is 0.261 e. The van der Waals surface area contributed by atoms with Gasteiger partial charge in [0.1, 0.15) is 0 Å². The van der Waals surface area contributed by atoms with E-state index in [0.29, 0.717) is 5.39 Å². The molecule has 5 rings (SSSR count). The number of aliphatic hydroxyl groups excluding tert-OH is 1. The van der Waals surface area contributed by atoms with Crippen LogP contribution in [0.1, 0.15) is 47.6 Å². The van der Waals surface area contributed by atoms with Gasteiger partial charge in [0, 0.05) is 18.8 Å². The van der Waals surface area contributed by atoms with Crippen LogP contribution in [0.25, 0.3) is 22.2 Å². The van der Waals surface area contributed by atoms with Crippen molar-refractivity contribution in [2.24, 2.45) is 7.05 Å². The quantitative estimate of drug-likeness (QED) is 0.531. The van der Waals surface area contributed by atoms with E-state index in [9.17, 15) is 9.90 Å². The van der Waals surface area contributed by atoms with Crippen molar-refractivity contribution < 1.29 is 5.11 Å². The summed E-state index contributed by atoms with van der Waals surface area (Å²) in [5.74, 6) is 0. The zero-order valence-electron chi connectivity index (χ0n) is 18.7. The zero-order valence-corrected chi connectivity index (χ0v) is 18.7. The van der Waals surface area contributed by atoms with E-state index in [-0.39, 0.29) is 11.6 Å². The molecule has 32 heavy (non-hydrogen) atoms. The van der Waals surface area contributed by atoms with Gasteiger partial charge in [-0.15, -0.1) is 0 Å². The Morgan fingerprint density at radius 1 is 1.09 bits per heavy atom. The van der Waals surface area contributed by atoms with Gasteiger partial charge >= 0.3 is 0 Å². The molecule has 4 aromatic rings. The minimum absolute atomic E-state index is 0.0594. The summed E-state index contributed by atoms with van der Waals surface area (Å²) >= 11 is 0. The Labute approximate surface area is 187 Å². The molecular formula is C26H28N4O2. The average molecular weight is 429 g/mol.